The zero-order chi connectivity index (χ0) is 86.8. The van der Waals surface area contributed by atoms with E-state index in [4.69, 9.17) is 46.9 Å². The summed E-state index contributed by atoms with van der Waals surface area (Å²) in [6, 6.07) is 0. The molecule has 1 saturated carbocycles. The quantitative estimate of drug-likeness (QED) is 0.0117. The summed E-state index contributed by atoms with van der Waals surface area (Å²) in [5.74, 6) is -2.94. The topological polar surface area (TPSA) is 380 Å². The van der Waals surface area contributed by atoms with E-state index in [9.17, 15) is 74.6 Å². The number of carbonyl (C=O) groups excluding carboxylic acids is 4. The number of esters is 4. The summed E-state index contributed by atoms with van der Waals surface area (Å²) in [6.45, 7) is 5.66. The van der Waals surface area contributed by atoms with Crippen LogP contribution in [0.4, 0.5) is 0 Å². The third kappa shape index (κ3) is 52.4. The Morgan fingerprint density at radius 1 is 0.303 bits per heavy atom. The van der Waals surface area contributed by atoms with Crippen molar-refractivity contribution in [1.29, 1.82) is 0 Å². The second kappa shape index (κ2) is 72.5. The molecule has 3 rings (SSSR count). The number of unbranched alkanes of at least 4 members (excludes halogenated alkanes) is 56. The lowest BCUT2D eigenvalue weighted by Gasteiger charge is -2.50. The van der Waals surface area contributed by atoms with Gasteiger partial charge < -0.3 is 88.7 Å². The van der Waals surface area contributed by atoms with E-state index in [0.29, 0.717) is 32.1 Å². The molecule has 26 heteroatoms. The highest BCUT2D eigenvalue weighted by Gasteiger charge is 2.60. The Bertz CT molecular complexity index is 2470. The molecular formula is C93H175O25P. The number of aliphatic hydroxyl groups is 9. The van der Waals surface area contributed by atoms with Gasteiger partial charge >= 0.3 is 31.7 Å². The van der Waals surface area contributed by atoms with E-state index in [1.165, 1.54) is 225 Å². The molecular weight excluding hydrogens is 1550 g/mol. The summed E-state index contributed by atoms with van der Waals surface area (Å²) in [6.07, 6.45) is 30.7. The second-order valence-corrected chi connectivity index (χ2v) is 36.4. The second-order valence-electron chi connectivity index (χ2n) is 35.0. The molecule has 0 amide bonds. The summed E-state index contributed by atoms with van der Waals surface area (Å²) in [4.78, 5) is 66.6. The van der Waals surface area contributed by atoms with Crippen LogP contribution < -0.4 is 0 Å². The number of ether oxygens (including phenoxy) is 8. The molecule has 2 saturated heterocycles. The third-order valence-corrected chi connectivity index (χ3v) is 25.1. The highest BCUT2D eigenvalue weighted by Crippen LogP contribution is 2.49. The molecule has 18 atom stereocenters. The monoisotopic (exact) mass is 1720 g/mol. The lowest BCUT2D eigenvalue weighted by Crippen LogP contribution is -2.70. The summed E-state index contributed by atoms with van der Waals surface area (Å²) in [5.41, 5.74) is 0. The van der Waals surface area contributed by atoms with Gasteiger partial charge in [0.15, 0.2) is 24.8 Å². The van der Waals surface area contributed by atoms with Crippen LogP contribution in [-0.2, 0) is 70.7 Å². The van der Waals surface area contributed by atoms with Crippen molar-refractivity contribution in [2.45, 2.75) is 543 Å². The van der Waals surface area contributed by atoms with Crippen molar-refractivity contribution < 1.29 is 122 Å². The molecule has 0 radical (unpaired) electrons. The molecule has 0 spiro atoms. The van der Waals surface area contributed by atoms with Gasteiger partial charge in [-0.3, -0.25) is 28.2 Å². The Labute approximate surface area is 719 Å². The molecule has 3 aliphatic rings. The van der Waals surface area contributed by atoms with E-state index in [1.807, 2.05) is 0 Å². The van der Waals surface area contributed by atoms with Gasteiger partial charge in [-0.15, -0.1) is 0 Å². The predicted molar refractivity (Wildman–Crippen MR) is 463 cm³/mol. The molecule has 1 aliphatic carbocycles. The molecule has 0 aromatic carbocycles. The first-order valence-electron chi connectivity index (χ1n) is 48.8. The first-order valence-corrected chi connectivity index (χ1v) is 50.3. The number of rotatable bonds is 80. The third-order valence-electron chi connectivity index (χ3n) is 24.1. The van der Waals surface area contributed by atoms with Crippen LogP contribution in [0.15, 0.2) is 0 Å². The highest BCUT2D eigenvalue weighted by molar-refractivity contribution is 7.47. The summed E-state index contributed by atoms with van der Waals surface area (Å²) < 4.78 is 73.6. The van der Waals surface area contributed by atoms with Gasteiger partial charge in [0, 0.05) is 25.7 Å². The van der Waals surface area contributed by atoms with Gasteiger partial charge in [-0.1, -0.05) is 387 Å². The molecule has 0 aromatic rings. The predicted octanol–water partition coefficient (Wildman–Crippen LogP) is 18.6. The maximum Gasteiger partial charge on any atom is 0.472 e. The Morgan fingerprint density at radius 3 is 0.916 bits per heavy atom. The van der Waals surface area contributed by atoms with Crippen LogP contribution >= 0.6 is 7.82 Å². The standard InChI is InChI=1S/C93H175O25P/c1-5-9-13-17-21-25-29-33-36-39-42-46-49-53-57-61-65-76(95)109-70-73(112-78(97)67-63-59-55-51-47-44-40-37-34-30-26-22-18-14-10-6-2)71-111-119(107,108)118-91-89(116-92-86(105)82(101)80(99)74(69-94)113-92)85(104)84(103)88(115-79(98)68-64-60-56-52-48-43-38-35-31-27-23-19-15-11-7-3)90(91)117-93-87(106)83(102)81(100)75(114-93)72-110-77(96)66-62-58-54-50-45-41-32-28-24-20-16-12-8-4/h73-75,80-94,99-106H,5-72H2,1-4H3,(H,107,108). The maximum atomic E-state index is 14.9. The molecule has 0 bridgehead atoms. The maximum absolute atomic E-state index is 14.9. The minimum atomic E-state index is -5.80. The number of phosphoric acid groups is 1. The van der Waals surface area contributed by atoms with E-state index in [1.54, 1.807) is 0 Å². The fourth-order valence-corrected chi connectivity index (χ4v) is 17.3. The fraction of sp³-hybridized carbons (Fsp3) is 0.957. The molecule has 18 unspecified atom stereocenters. The van der Waals surface area contributed by atoms with Crippen molar-refractivity contribution >= 4 is 31.7 Å². The summed E-state index contributed by atoms with van der Waals surface area (Å²) in [5, 5.41) is 102. The zero-order valence-electron chi connectivity index (χ0n) is 74.9. The Kier molecular flexibility index (Phi) is 67.4. The van der Waals surface area contributed by atoms with Crippen LogP contribution in [0, 0.1) is 0 Å². The SMILES string of the molecule is CCCCCCCCCCCCCCCCCCC(=O)OCC(COP(=O)(O)OC1C(OC2OC(CO)C(O)C(O)C2O)C(O)C(O)C(OC(=O)CCCCCCCCCCCCCCCCC)C1OC1OC(COC(=O)CCCCCCCCCCCCCCC)C(O)C(O)C1O)OC(=O)CCCCCCCCCCCCCCCCCC. The summed E-state index contributed by atoms with van der Waals surface area (Å²) in [7, 11) is -5.80. The van der Waals surface area contributed by atoms with Crippen molar-refractivity contribution in [1.82, 2.24) is 0 Å². The molecule has 0 aromatic heterocycles. The van der Waals surface area contributed by atoms with Gasteiger partial charge in [0.25, 0.3) is 0 Å². The Hall–Kier alpha value is -2.53. The lowest BCUT2D eigenvalue weighted by molar-refractivity contribution is -0.360. The number of aliphatic hydroxyl groups excluding tert-OH is 9. The van der Waals surface area contributed by atoms with Crippen LogP contribution in [0.5, 0.6) is 0 Å². The van der Waals surface area contributed by atoms with Crippen LogP contribution in [0.3, 0.4) is 0 Å². The molecule has 119 heavy (non-hydrogen) atoms. The summed E-state index contributed by atoms with van der Waals surface area (Å²) >= 11 is 0. The van der Waals surface area contributed by atoms with Crippen LogP contribution in [-0.4, -0.2) is 205 Å². The molecule has 2 aliphatic heterocycles. The minimum Gasteiger partial charge on any atom is -0.463 e. The largest absolute Gasteiger partial charge is 0.472 e. The van der Waals surface area contributed by atoms with E-state index < -0.39 is 162 Å². The number of hydrogen-bond donors (Lipinski definition) is 10. The fourth-order valence-electron chi connectivity index (χ4n) is 16.4. The average molecular weight is 1720 g/mol. The van der Waals surface area contributed by atoms with Crippen molar-refractivity contribution in [2.75, 3.05) is 26.4 Å². The van der Waals surface area contributed by atoms with Crippen molar-refractivity contribution in [3.05, 3.63) is 0 Å². The lowest BCUT2D eigenvalue weighted by atomic mass is 9.84. The minimum absolute atomic E-state index is 0.0199. The van der Waals surface area contributed by atoms with Gasteiger partial charge in [0.2, 0.25) is 0 Å². The molecule has 10 N–H and O–H groups in total. The Morgan fingerprint density at radius 2 is 0.580 bits per heavy atom. The van der Waals surface area contributed by atoms with Gasteiger partial charge in [0.1, 0.15) is 92.6 Å². The molecule has 702 valence electrons. The van der Waals surface area contributed by atoms with E-state index in [0.717, 1.165) is 128 Å². The number of phosphoric ester groups is 1. The van der Waals surface area contributed by atoms with Crippen LogP contribution in [0.25, 0.3) is 0 Å². The zero-order valence-corrected chi connectivity index (χ0v) is 75.8. The smallest absolute Gasteiger partial charge is 0.463 e. The molecule has 25 nitrogen and oxygen atoms in total. The number of hydrogen-bond acceptors (Lipinski definition) is 24. The first-order chi connectivity index (χ1) is 57.7. The average Bonchev–Trinajstić information content (AvgIpc) is 0.753. The normalized spacial score (nSPS) is 24.8. The van der Waals surface area contributed by atoms with Gasteiger partial charge in [-0.2, -0.15) is 0 Å². The number of carbonyl (C=O) groups is 4. The van der Waals surface area contributed by atoms with Gasteiger partial charge in [0.05, 0.1) is 13.2 Å². The van der Waals surface area contributed by atoms with Crippen molar-refractivity contribution in [3.8, 4) is 0 Å². The Balaban J connectivity index is 1.90. The van der Waals surface area contributed by atoms with Gasteiger partial charge in [-0.05, 0) is 25.7 Å². The van der Waals surface area contributed by atoms with Crippen molar-refractivity contribution in [3.63, 3.8) is 0 Å². The van der Waals surface area contributed by atoms with E-state index in [2.05, 4.69) is 27.7 Å². The van der Waals surface area contributed by atoms with Crippen LogP contribution in [0.1, 0.15) is 439 Å². The highest BCUT2D eigenvalue weighted by atomic mass is 31.2. The van der Waals surface area contributed by atoms with E-state index >= 15 is 0 Å². The van der Waals surface area contributed by atoms with Crippen LogP contribution in [0.2, 0.25) is 0 Å². The molecule has 2 heterocycles. The first kappa shape index (κ1) is 111. The van der Waals surface area contributed by atoms with E-state index in [-0.39, 0.29) is 25.7 Å². The van der Waals surface area contributed by atoms with Gasteiger partial charge in [-0.25, -0.2) is 4.57 Å². The molecule has 3 fully saturated rings. The van der Waals surface area contributed by atoms with Crippen molar-refractivity contribution in [2.24, 2.45) is 0 Å².